The second kappa shape index (κ2) is 8.90. The number of nitrogens with one attached hydrogen (secondary N) is 1. The SMILES string of the molecule is CCOC1(C(NN)C(C)CCOC)CCCCCC1. The molecule has 0 saturated heterocycles. The van der Waals surface area contributed by atoms with Crippen molar-refractivity contribution in [3.63, 3.8) is 0 Å². The Hall–Kier alpha value is -0.160. The number of hydrogen-bond acceptors (Lipinski definition) is 4. The molecule has 0 heterocycles. The van der Waals surface area contributed by atoms with Crippen molar-refractivity contribution in [1.29, 1.82) is 0 Å². The standard InChI is InChI=1S/C15H32N2O2/c1-4-19-15(10-7-5-6-8-11-15)14(17-16)13(2)9-12-18-3/h13-14,17H,4-12,16H2,1-3H3. The van der Waals surface area contributed by atoms with E-state index in [1.54, 1.807) is 7.11 Å². The molecule has 1 aliphatic carbocycles. The van der Waals surface area contributed by atoms with Crippen molar-refractivity contribution in [2.24, 2.45) is 11.8 Å². The number of hydrazine groups is 1. The first-order valence-corrected chi connectivity index (χ1v) is 7.79. The molecule has 0 amide bonds. The lowest BCUT2D eigenvalue weighted by Gasteiger charge is -2.42. The molecule has 1 saturated carbocycles. The molecule has 1 rings (SSSR count). The van der Waals surface area contributed by atoms with Crippen LogP contribution < -0.4 is 11.3 Å². The minimum atomic E-state index is -0.0901. The van der Waals surface area contributed by atoms with Crippen molar-refractivity contribution in [1.82, 2.24) is 5.43 Å². The van der Waals surface area contributed by atoms with Crippen molar-refractivity contribution in [3.8, 4) is 0 Å². The molecule has 1 fully saturated rings. The Bertz CT molecular complexity index is 228. The van der Waals surface area contributed by atoms with Gasteiger partial charge in [-0.3, -0.25) is 11.3 Å². The van der Waals surface area contributed by atoms with Crippen LogP contribution in [-0.4, -0.2) is 32.0 Å². The quantitative estimate of drug-likeness (QED) is 0.405. The summed E-state index contributed by atoms with van der Waals surface area (Å²) in [5.41, 5.74) is 2.96. The van der Waals surface area contributed by atoms with Gasteiger partial charge >= 0.3 is 0 Å². The van der Waals surface area contributed by atoms with Crippen molar-refractivity contribution >= 4 is 0 Å². The Labute approximate surface area is 118 Å². The van der Waals surface area contributed by atoms with E-state index in [1.165, 1.54) is 25.7 Å². The average molecular weight is 272 g/mol. The predicted molar refractivity (Wildman–Crippen MR) is 78.8 cm³/mol. The summed E-state index contributed by atoms with van der Waals surface area (Å²) in [6.07, 6.45) is 8.38. The van der Waals surface area contributed by atoms with Gasteiger partial charge in [0.2, 0.25) is 0 Å². The van der Waals surface area contributed by atoms with E-state index in [1.807, 2.05) is 0 Å². The van der Waals surface area contributed by atoms with Crippen LogP contribution in [0.2, 0.25) is 0 Å². The highest BCUT2D eigenvalue weighted by atomic mass is 16.5. The van der Waals surface area contributed by atoms with Crippen LogP contribution in [0.5, 0.6) is 0 Å². The van der Waals surface area contributed by atoms with Crippen LogP contribution in [0.3, 0.4) is 0 Å². The highest BCUT2D eigenvalue weighted by Gasteiger charge is 2.41. The van der Waals surface area contributed by atoms with Crippen LogP contribution in [0.25, 0.3) is 0 Å². The van der Waals surface area contributed by atoms with Crippen LogP contribution in [0, 0.1) is 5.92 Å². The van der Waals surface area contributed by atoms with E-state index < -0.39 is 0 Å². The number of nitrogens with two attached hydrogens (primary N) is 1. The van der Waals surface area contributed by atoms with Crippen molar-refractivity contribution in [2.45, 2.75) is 70.4 Å². The first-order chi connectivity index (χ1) is 9.20. The van der Waals surface area contributed by atoms with Gasteiger partial charge in [-0.1, -0.05) is 32.6 Å². The van der Waals surface area contributed by atoms with Crippen molar-refractivity contribution in [2.75, 3.05) is 20.3 Å². The summed E-state index contributed by atoms with van der Waals surface area (Å²) in [6, 6.07) is 0.209. The lowest BCUT2D eigenvalue weighted by atomic mass is 9.79. The fourth-order valence-electron chi connectivity index (χ4n) is 3.46. The van der Waals surface area contributed by atoms with E-state index in [0.717, 1.165) is 32.5 Å². The Morgan fingerprint density at radius 3 is 2.32 bits per heavy atom. The minimum Gasteiger partial charge on any atom is -0.385 e. The average Bonchev–Trinajstić information content (AvgIpc) is 2.64. The van der Waals surface area contributed by atoms with Crippen LogP contribution >= 0.6 is 0 Å². The van der Waals surface area contributed by atoms with Crippen molar-refractivity contribution < 1.29 is 9.47 Å². The number of ether oxygens (including phenoxy) is 2. The summed E-state index contributed by atoms with van der Waals surface area (Å²) >= 11 is 0. The zero-order valence-corrected chi connectivity index (χ0v) is 12.9. The summed E-state index contributed by atoms with van der Waals surface area (Å²) in [5, 5.41) is 0. The van der Waals surface area contributed by atoms with E-state index in [4.69, 9.17) is 15.3 Å². The molecule has 3 N–H and O–H groups in total. The summed E-state index contributed by atoms with van der Waals surface area (Å²) in [6.45, 7) is 5.87. The van der Waals surface area contributed by atoms with Gasteiger partial charge < -0.3 is 9.47 Å². The lowest BCUT2D eigenvalue weighted by molar-refractivity contribution is -0.0904. The molecule has 2 unspecified atom stereocenters. The Kier molecular flexibility index (Phi) is 7.91. The van der Waals surface area contributed by atoms with E-state index in [2.05, 4.69) is 19.3 Å². The summed E-state index contributed by atoms with van der Waals surface area (Å²) in [7, 11) is 1.75. The topological polar surface area (TPSA) is 56.5 Å². The molecule has 0 aromatic carbocycles. The van der Waals surface area contributed by atoms with Crippen LogP contribution in [-0.2, 0) is 9.47 Å². The van der Waals surface area contributed by atoms with Gasteiger partial charge in [-0.25, -0.2) is 0 Å². The Balaban J connectivity index is 2.79. The molecule has 114 valence electrons. The lowest BCUT2D eigenvalue weighted by Crippen LogP contribution is -2.58. The maximum absolute atomic E-state index is 6.22. The number of rotatable bonds is 8. The molecule has 2 atom stereocenters. The van der Waals surface area contributed by atoms with Gasteiger partial charge in [-0.2, -0.15) is 0 Å². The van der Waals surface area contributed by atoms with Gasteiger partial charge in [0.1, 0.15) is 0 Å². The molecule has 0 aliphatic heterocycles. The van der Waals surface area contributed by atoms with E-state index in [9.17, 15) is 0 Å². The first kappa shape index (κ1) is 16.9. The van der Waals surface area contributed by atoms with Gasteiger partial charge in [0, 0.05) is 20.3 Å². The van der Waals surface area contributed by atoms with Crippen LogP contribution in [0.15, 0.2) is 0 Å². The van der Waals surface area contributed by atoms with Gasteiger partial charge in [0.15, 0.2) is 0 Å². The third-order valence-electron chi connectivity index (χ3n) is 4.47. The largest absolute Gasteiger partial charge is 0.385 e. The molecule has 0 bridgehead atoms. The monoisotopic (exact) mass is 272 g/mol. The molecule has 4 heteroatoms. The third-order valence-corrected chi connectivity index (χ3v) is 4.47. The van der Waals surface area contributed by atoms with E-state index in [-0.39, 0.29) is 11.6 Å². The molecule has 1 aliphatic rings. The molecule has 0 spiro atoms. The Morgan fingerprint density at radius 2 is 1.84 bits per heavy atom. The zero-order chi connectivity index (χ0) is 14.1. The van der Waals surface area contributed by atoms with Gasteiger partial charge in [-0.15, -0.1) is 0 Å². The third kappa shape index (κ3) is 4.71. The summed E-state index contributed by atoms with van der Waals surface area (Å²) < 4.78 is 11.4. The molecular formula is C15H32N2O2. The van der Waals surface area contributed by atoms with Gasteiger partial charge in [0.05, 0.1) is 11.6 Å². The molecule has 4 nitrogen and oxygen atoms in total. The molecule has 0 radical (unpaired) electrons. The minimum absolute atomic E-state index is 0.0901. The second-order valence-corrected chi connectivity index (χ2v) is 5.82. The fraction of sp³-hybridized carbons (Fsp3) is 1.00. The highest BCUT2D eigenvalue weighted by Crippen LogP contribution is 2.36. The maximum atomic E-state index is 6.22. The highest BCUT2D eigenvalue weighted by molar-refractivity contribution is 4.96. The summed E-state index contributed by atoms with van der Waals surface area (Å²) in [4.78, 5) is 0. The zero-order valence-electron chi connectivity index (χ0n) is 12.9. The van der Waals surface area contributed by atoms with Gasteiger partial charge in [-0.05, 0) is 32.1 Å². The van der Waals surface area contributed by atoms with E-state index >= 15 is 0 Å². The second-order valence-electron chi connectivity index (χ2n) is 5.82. The normalized spacial score (nSPS) is 22.7. The van der Waals surface area contributed by atoms with Crippen molar-refractivity contribution in [3.05, 3.63) is 0 Å². The summed E-state index contributed by atoms with van der Waals surface area (Å²) in [5.74, 6) is 6.33. The molecular weight excluding hydrogens is 240 g/mol. The van der Waals surface area contributed by atoms with Gasteiger partial charge in [0.25, 0.3) is 0 Å². The predicted octanol–water partition coefficient (Wildman–Crippen LogP) is 2.62. The van der Waals surface area contributed by atoms with E-state index in [0.29, 0.717) is 5.92 Å². The molecule has 19 heavy (non-hydrogen) atoms. The molecule has 0 aromatic rings. The first-order valence-electron chi connectivity index (χ1n) is 7.79. The number of methoxy groups -OCH3 is 1. The fourth-order valence-corrected chi connectivity index (χ4v) is 3.46. The Morgan fingerprint density at radius 1 is 1.21 bits per heavy atom. The maximum Gasteiger partial charge on any atom is 0.0850 e. The smallest absolute Gasteiger partial charge is 0.0850 e. The van der Waals surface area contributed by atoms with Crippen LogP contribution in [0.4, 0.5) is 0 Å². The van der Waals surface area contributed by atoms with Crippen LogP contribution in [0.1, 0.15) is 58.8 Å². The molecule has 0 aromatic heterocycles. The number of hydrogen-bond donors (Lipinski definition) is 2.